The normalized spacial score (nSPS) is 14.3. The third-order valence-electron chi connectivity index (χ3n) is 4.19. The van der Waals surface area contributed by atoms with Gasteiger partial charge in [0, 0.05) is 38.4 Å². The number of piperazine rings is 1. The SMILES string of the molecule is COc1ccccc1OCC(=O)N1CCN(c2ccc(=O)[nH]c2)CC1. The summed E-state index contributed by atoms with van der Waals surface area (Å²) in [6, 6.07) is 10.6. The Labute approximate surface area is 145 Å². The number of nitrogens with one attached hydrogen (secondary N) is 1. The van der Waals surface area contributed by atoms with Gasteiger partial charge in [0.2, 0.25) is 5.56 Å². The maximum absolute atomic E-state index is 12.4. The zero-order chi connectivity index (χ0) is 17.6. The number of para-hydroxylation sites is 2. The van der Waals surface area contributed by atoms with Crippen LogP contribution < -0.4 is 19.9 Å². The number of aromatic amines is 1. The zero-order valence-electron chi connectivity index (χ0n) is 14.1. The van der Waals surface area contributed by atoms with Crippen molar-refractivity contribution in [3.8, 4) is 11.5 Å². The second kappa shape index (κ2) is 7.74. The molecule has 1 aromatic carbocycles. The lowest BCUT2D eigenvalue weighted by Gasteiger charge is -2.35. The quantitative estimate of drug-likeness (QED) is 0.880. The molecule has 1 fully saturated rings. The van der Waals surface area contributed by atoms with E-state index >= 15 is 0 Å². The van der Waals surface area contributed by atoms with Gasteiger partial charge in [0.15, 0.2) is 18.1 Å². The second-order valence-corrected chi connectivity index (χ2v) is 5.72. The number of hydrogen-bond acceptors (Lipinski definition) is 5. The fraction of sp³-hybridized carbons (Fsp3) is 0.333. The van der Waals surface area contributed by atoms with Gasteiger partial charge in [-0.2, -0.15) is 0 Å². The van der Waals surface area contributed by atoms with Gasteiger partial charge in [0.05, 0.1) is 12.8 Å². The number of benzene rings is 1. The molecule has 0 atom stereocenters. The molecule has 7 heteroatoms. The highest BCUT2D eigenvalue weighted by Gasteiger charge is 2.22. The largest absolute Gasteiger partial charge is 0.493 e. The molecule has 0 radical (unpaired) electrons. The van der Waals surface area contributed by atoms with Gasteiger partial charge in [-0.05, 0) is 18.2 Å². The smallest absolute Gasteiger partial charge is 0.260 e. The van der Waals surface area contributed by atoms with Crippen LogP contribution in [0, 0.1) is 0 Å². The fourth-order valence-corrected chi connectivity index (χ4v) is 2.78. The molecule has 0 spiro atoms. The summed E-state index contributed by atoms with van der Waals surface area (Å²) in [5.74, 6) is 1.12. The highest BCUT2D eigenvalue weighted by Crippen LogP contribution is 2.25. The summed E-state index contributed by atoms with van der Waals surface area (Å²) in [5, 5.41) is 0. The molecule has 3 rings (SSSR count). The van der Waals surface area contributed by atoms with Crippen molar-refractivity contribution in [2.24, 2.45) is 0 Å². The highest BCUT2D eigenvalue weighted by molar-refractivity contribution is 5.78. The Bertz CT molecular complexity index is 761. The molecule has 2 aromatic rings. The molecule has 1 amide bonds. The minimum atomic E-state index is -0.119. The summed E-state index contributed by atoms with van der Waals surface area (Å²) < 4.78 is 10.8. The van der Waals surface area contributed by atoms with Gasteiger partial charge in [-0.1, -0.05) is 12.1 Å². The Balaban J connectivity index is 1.51. The minimum Gasteiger partial charge on any atom is -0.493 e. The monoisotopic (exact) mass is 343 g/mol. The van der Waals surface area contributed by atoms with Gasteiger partial charge in [0.1, 0.15) is 0 Å². The molecule has 0 unspecified atom stereocenters. The Morgan fingerprint density at radius 3 is 2.44 bits per heavy atom. The second-order valence-electron chi connectivity index (χ2n) is 5.72. The predicted molar refractivity (Wildman–Crippen MR) is 94.3 cm³/mol. The molecule has 0 bridgehead atoms. The third kappa shape index (κ3) is 4.12. The van der Waals surface area contributed by atoms with Gasteiger partial charge in [0.25, 0.3) is 5.91 Å². The maximum Gasteiger partial charge on any atom is 0.260 e. The first-order valence-corrected chi connectivity index (χ1v) is 8.14. The Morgan fingerprint density at radius 2 is 1.80 bits per heavy atom. The van der Waals surface area contributed by atoms with Crippen LogP contribution in [-0.2, 0) is 4.79 Å². The Morgan fingerprint density at radius 1 is 1.08 bits per heavy atom. The number of rotatable bonds is 5. The summed E-state index contributed by atoms with van der Waals surface area (Å²) in [6.07, 6.45) is 1.70. The number of H-pyrrole nitrogens is 1. The van der Waals surface area contributed by atoms with E-state index in [1.165, 1.54) is 6.07 Å². The van der Waals surface area contributed by atoms with Crippen LogP contribution in [0.2, 0.25) is 0 Å². The summed E-state index contributed by atoms with van der Waals surface area (Å²) in [5.41, 5.74) is 0.836. The molecular formula is C18H21N3O4. The van der Waals surface area contributed by atoms with Crippen LogP contribution >= 0.6 is 0 Å². The number of hydrogen-bond donors (Lipinski definition) is 1. The number of pyridine rings is 1. The van der Waals surface area contributed by atoms with Crippen LogP contribution in [0.15, 0.2) is 47.4 Å². The van der Waals surface area contributed by atoms with Crippen molar-refractivity contribution in [3.05, 3.63) is 52.9 Å². The van der Waals surface area contributed by atoms with E-state index in [-0.39, 0.29) is 18.1 Å². The first kappa shape index (κ1) is 16.9. The number of methoxy groups -OCH3 is 1. The molecule has 0 saturated carbocycles. The summed E-state index contributed by atoms with van der Waals surface area (Å²) >= 11 is 0. The molecule has 25 heavy (non-hydrogen) atoms. The molecule has 132 valence electrons. The van der Waals surface area contributed by atoms with Gasteiger partial charge < -0.3 is 24.3 Å². The van der Waals surface area contributed by atoms with Gasteiger partial charge >= 0.3 is 0 Å². The minimum absolute atomic E-state index is 0.0149. The molecule has 2 heterocycles. The molecule has 1 aromatic heterocycles. The highest BCUT2D eigenvalue weighted by atomic mass is 16.5. The molecule has 1 aliphatic rings. The van der Waals surface area contributed by atoms with E-state index in [1.54, 1.807) is 36.4 Å². The van der Waals surface area contributed by atoms with Crippen molar-refractivity contribution in [2.75, 3.05) is 44.8 Å². The zero-order valence-corrected chi connectivity index (χ0v) is 14.1. The van der Waals surface area contributed by atoms with Crippen LogP contribution in [0.25, 0.3) is 0 Å². The Kier molecular flexibility index (Phi) is 5.23. The van der Waals surface area contributed by atoms with Crippen molar-refractivity contribution >= 4 is 11.6 Å². The van der Waals surface area contributed by atoms with E-state index in [9.17, 15) is 9.59 Å². The van der Waals surface area contributed by atoms with E-state index in [4.69, 9.17) is 9.47 Å². The number of amides is 1. The van der Waals surface area contributed by atoms with Crippen molar-refractivity contribution in [2.45, 2.75) is 0 Å². The van der Waals surface area contributed by atoms with Crippen LogP contribution in [0.1, 0.15) is 0 Å². The number of ether oxygens (including phenoxy) is 2. The maximum atomic E-state index is 12.4. The summed E-state index contributed by atoms with van der Waals surface area (Å²) in [7, 11) is 1.57. The standard InChI is InChI=1S/C18H21N3O4/c1-24-15-4-2-3-5-16(15)25-13-18(23)21-10-8-20(9-11-21)14-6-7-17(22)19-12-14/h2-7,12H,8-11,13H2,1H3,(H,19,22). The lowest BCUT2D eigenvalue weighted by atomic mass is 10.2. The van der Waals surface area contributed by atoms with Crippen molar-refractivity contribution in [1.29, 1.82) is 0 Å². The van der Waals surface area contributed by atoms with Crippen molar-refractivity contribution < 1.29 is 14.3 Å². The van der Waals surface area contributed by atoms with Gasteiger partial charge in [-0.15, -0.1) is 0 Å². The molecule has 7 nitrogen and oxygen atoms in total. The number of anilines is 1. The number of nitrogens with zero attached hydrogens (tertiary/aromatic N) is 2. The molecule has 0 aliphatic carbocycles. The van der Waals surface area contributed by atoms with Crippen LogP contribution in [0.3, 0.4) is 0 Å². The van der Waals surface area contributed by atoms with Gasteiger partial charge in [-0.25, -0.2) is 0 Å². The Hall–Kier alpha value is -2.96. The van der Waals surface area contributed by atoms with Crippen molar-refractivity contribution in [3.63, 3.8) is 0 Å². The van der Waals surface area contributed by atoms with Crippen LogP contribution in [-0.4, -0.2) is 55.7 Å². The molecule has 1 aliphatic heterocycles. The van der Waals surface area contributed by atoms with E-state index in [0.717, 1.165) is 5.69 Å². The van der Waals surface area contributed by atoms with E-state index in [1.807, 2.05) is 12.1 Å². The van der Waals surface area contributed by atoms with E-state index in [2.05, 4.69) is 9.88 Å². The fourth-order valence-electron chi connectivity index (χ4n) is 2.78. The number of carbonyl (C=O) groups excluding carboxylic acids is 1. The summed E-state index contributed by atoms with van der Waals surface area (Å²) in [6.45, 7) is 2.65. The van der Waals surface area contributed by atoms with Crippen molar-refractivity contribution in [1.82, 2.24) is 9.88 Å². The first-order valence-electron chi connectivity index (χ1n) is 8.14. The lowest BCUT2D eigenvalue weighted by molar-refractivity contribution is -0.133. The molecular weight excluding hydrogens is 322 g/mol. The van der Waals surface area contributed by atoms with Crippen LogP contribution in [0.5, 0.6) is 11.5 Å². The lowest BCUT2D eigenvalue weighted by Crippen LogP contribution is -2.50. The average Bonchev–Trinajstić information content (AvgIpc) is 2.67. The van der Waals surface area contributed by atoms with Crippen LogP contribution in [0.4, 0.5) is 5.69 Å². The van der Waals surface area contributed by atoms with Gasteiger partial charge in [-0.3, -0.25) is 9.59 Å². The molecule has 1 N–H and O–H groups in total. The first-order chi connectivity index (χ1) is 12.2. The summed E-state index contributed by atoms with van der Waals surface area (Å²) in [4.78, 5) is 30.1. The van der Waals surface area contributed by atoms with E-state index in [0.29, 0.717) is 37.7 Å². The average molecular weight is 343 g/mol. The third-order valence-corrected chi connectivity index (χ3v) is 4.19. The number of carbonyl (C=O) groups is 1. The number of aromatic nitrogens is 1. The topological polar surface area (TPSA) is 74.9 Å². The molecule has 1 saturated heterocycles. The van der Waals surface area contributed by atoms with E-state index < -0.39 is 0 Å². The predicted octanol–water partition coefficient (Wildman–Crippen LogP) is 1.11.